The molecule has 1 N–H and O–H groups in total. The van der Waals surface area contributed by atoms with E-state index in [0.717, 1.165) is 23.7 Å². The largest absolute Gasteiger partial charge is 0.465 e. The second-order valence-corrected chi connectivity index (χ2v) is 3.84. The fourth-order valence-electron chi connectivity index (χ4n) is 1.84. The predicted molar refractivity (Wildman–Crippen MR) is 63.6 cm³/mol. The number of H-pyrrole nitrogens is 1. The van der Waals surface area contributed by atoms with Gasteiger partial charge in [-0.3, -0.25) is 0 Å². The Balaban J connectivity index is 2.41. The second-order valence-electron chi connectivity index (χ2n) is 3.84. The van der Waals surface area contributed by atoms with Crippen LogP contribution >= 0.6 is 0 Å². The highest BCUT2D eigenvalue weighted by Gasteiger charge is 2.07. The number of carbonyl (C=O) groups excluding carboxylic acids is 1. The average molecular weight is 217 g/mol. The summed E-state index contributed by atoms with van der Waals surface area (Å²) in [6, 6.07) is 7.69. The van der Waals surface area contributed by atoms with Crippen LogP contribution in [0.4, 0.5) is 0 Å². The number of methoxy groups -OCH3 is 1. The van der Waals surface area contributed by atoms with E-state index in [1.165, 1.54) is 12.8 Å². The highest BCUT2D eigenvalue weighted by molar-refractivity contribution is 5.94. The van der Waals surface area contributed by atoms with Gasteiger partial charge in [0.15, 0.2) is 0 Å². The van der Waals surface area contributed by atoms with E-state index in [2.05, 4.69) is 22.7 Å². The fraction of sp³-hybridized carbons (Fsp3) is 0.308. The summed E-state index contributed by atoms with van der Waals surface area (Å²) in [4.78, 5) is 14.7. The van der Waals surface area contributed by atoms with Crippen molar-refractivity contribution in [2.75, 3.05) is 7.11 Å². The normalized spacial score (nSPS) is 10.6. The molecule has 1 heterocycles. The van der Waals surface area contributed by atoms with Gasteiger partial charge in [-0.2, -0.15) is 0 Å². The molecule has 0 saturated carbocycles. The van der Waals surface area contributed by atoms with Crippen LogP contribution in [0.1, 0.15) is 29.4 Å². The summed E-state index contributed by atoms with van der Waals surface area (Å²) in [6.45, 7) is 2.14. The predicted octanol–water partition coefficient (Wildman–Crippen LogP) is 2.91. The number of benzene rings is 1. The summed E-state index contributed by atoms with van der Waals surface area (Å²) < 4.78 is 4.69. The van der Waals surface area contributed by atoms with Gasteiger partial charge in [0.05, 0.1) is 12.7 Å². The number of aromatic nitrogens is 1. The van der Waals surface area contributed by atoms with Crippen molar-refractivity contribution in [1.82, 2.24) is 4.98 Å². The first-order valence-corrected chi connectivity index (χ1v) is 5.44. The highest BCUT2D eigenvalue weighted by atomic mass is 16.5. The van der Waals surface area contributed by atoms with Gasteiger partial charge in [0, 0.05) is 11.2 Å². The molecule has 1 aromatic carbocycles. The van der Waals surface area contributed by atoms with Gasteiger partial charge in [-0.25, -0.2) is 4.79 Å². The zero-order chi connectivity index (χ0) is 11.5. The van der Waals surface area contributed by atoms with Gasteiger partial charge in [-0.05, 0) is 30.0 Å². The number of aryl methyl sites for hydroxylation is 1. The van der Waals surface area contributed by atoms with Gasteiger partial charge >= 0.3 is 5.97 Å². The molecule has 2 rings (SSSR count). The molecule has 0 aliphatic rings. The molecule has 3 nitrogen and oxygen atoms in total. The zero-order valence-corrected chi connectivity index (χ0v) is 9.54. The molecule has 0 radical (unpaired) electrons. The summed E-state index contributed by atoms with van der Waals surface area (Å²) in [5.41, 5.74) is 2.78. The van der Waals surface area contributed by atoms with Crippen molar-refractivity contribution in [2.45, 2.75) is 19.8 Å². The fourth-order valence-corrected chi connectivity index (χ4v) is 1.84. The van der Waals surface area contributed by atoms with Gasteiger partial charge in [-0.1, -0.05) is 19.4 Å². The van der Waals surface area contributed by atoms with Gasteiger partial charge in [-0.15, -0.1) is 0 Å². The van der Waals surface area contributed by atoms with E-state index in [1.54, 1.807) is 6.07 Å². The Kier molecular flexibility index (Phi) is 2.95. The van der Waals surface area contributed by atoms with Crippen molar-refractivity contribution < 1.29 is 9.53 Å². The minimum Gasteiger partial charge on any atom is -0.465 e. The van der Waals surface area contributed by atoms with Crippen LogP contribution in [0, 0.1) is 0 Å². The average Bonchev–Trinajstić information content (AvgIpc) is 2.69. The number of nitrogens with one attached hydrogen (secondary N) is 1. The Bertz CT molecular complexity index is 514. The summed E-state index contributed by atoms with van der Waals surface area (Å²) in [7, 11) is 1.39. The Hall–Kier alpha value is -1.77. The van der Waals surface area contributed by atoms with E-state index in [0.29, 0.717) is 5.56 Å². The maximum absolute atomic E-state index is 11.4. The third kappa shape index (κ3) is 1.94. The van der Waals surface area contributed by atoms with Crippen LogP contribution in [0.2, 0.25) is 0 Å². The topological polar surface area (TPSA) is 42.1 Å². The lowest BCUT2D eigenvalue weighted by Crippen LogP contribution is -2.00. The summed E-state index contributed by atoms with van der Waals surface area (Å²) >= 11 is 0. The monoisotopic (exact) mass is 217 g/mol. The molecule has 16 heavy (non-hydrogen) atoms. The van der Waals surface area contributed by atoms with Crippen LogP contribution in [0.3, 0.4) is 0 Å². The van der Waals surface area contributed by atoms with Crippen LogP contribution in [0.25, 0.3) is 10.9 Å². The minimum absolute atomic E-state index is 0.298. The van der Waals surface area contributed by atoms with E-state index in [4.69, 9.17) is 0 Å². The Labute approximate surface area is 94.4 Å². The number of rotatable bonds is 3. The smallest absolute Gasteiger partial charge is 0.337 e. The van der Waals surface area contributed by atoms with Crippen molar-refractivity contribution in [1.29, 1.82) is 0 Å². The van der Waals surface area contributed by atoms with Crippen LogP contribution in [0.5, 0.6) is 0 Å². The van der Waals surface area contributed by atoms with Crippen LogP contribution in [-0.4, -0.2) is 18.1 Å². The second kappa shape index (κ2) is 4.39. The molecular weight excluding hydrogens is 202 g/mol. The molecule has 0 saturated heterocycles. The maximum atomic E-state index is 11.4. The molecule has 2 aromatic rings. The zero-order valence-electron chi connectivity index (χ0n) is 9.54. The van der Waals surface area contributed by atoms with Crippen molar-refractivity contribution in [2.24, 2.45) is 0 Å². The third-order valence-electron chi connectivity index (χ3n) is 2.62. The molecule has 0 fully saturated rings. The lowest BCUT2D eigenvalue weighted by Gasteiger charge is -1.98. The molecule has 0 aliphatic carbocycles. The third-order valence-corrected chi connectivity index (χ3v) is 2.62. The SMILES string of the molecule is CCCc1cc2ccc(C(=O)OC)cc2[nH]1. The maximum Gasteiger partial charge on any atom is 0.337 e. The summed E-state index contributed by atoms with van der Waals surface area (Å²) in [5.74, 6) is -0.298. The number of esters is 1. The molecule has 0 unspecified atom stereocenters. The van der Waals surface area contributed by atoms with Crippen LogP contribution < -0.4 is 0 Å². The van der Waals surface area contributed by atoms with Crippen LogP contribution in [-0.2, 0) is 11.2 Å². The van der Waals surface area contributed by atoms with Crippen molar-refractivity contribution in [3.8, 4) is 0 Å². The number of ether oxygens (including phenoxy) is 1. The van der Waals surface area contributed by atoms with Gasteiger partial charge < -0.3 is 9.72 Å². The first kappa shape index (κ1) is 10.7. The first-order chi connectivity index (χ1) is 7.74. The molecule has 0 amide bonds. The van der Waals surface area contributed by atoms with Gasteiger partial charge in [0.1, 0.15) is 0 Å². The van der Waals surface area contributed by atoms with Crippen molar-refractivity contribution >= 4 is 16.9 Å². The van der Waals surface area contributed by atoms with Gasteiger partial charge in [0.2, 0.25) is 0 Å². The van der Waals surface area contributed by atoms with Crippen molar-refractivity contribution in [3.63, 3.8) is 0 Å². The van der Waals surface area contributed by atoms with E-state index in [9.17, 15) is 4.79 Å². The lowest BCUT2D eigenvalue weighted by molar-refractivity contribution is 0.0601. The number of carbonyl (C=O) groups is 1. The van der Waals surface area contributed by atoms with E-state index in [-0.39, 0.29) is 5.97 Å². The Morgan fingerprint density at radius 2 is 2.19 bits per heavy atom. The number of hydrogen-bond acceptors (Lipinski definition) is 2. The van der Waals surface area contributed by atoms with E-state index < -0.39 is 0 Å². The Morgan fingerprint density at radius 1 is 1.38 bits per heavy atom. The first-order valence-electron chi connectivity index (χ1n) is 5.44. The molecule has 0 spiro atoms. The Morgan fingerprint density at radius 3 is 2.88 bits per heavy atom. The van der Waals surface area contributed by atoms with Gasteiger partial charge in [0.25, 0.3) is 0 Å². The van der Waals surface area contributed by atoms with Crippen LogP contribution in [0.15, 0.2) is 24.3 Å². The quantitative estimate of drug-likeness (QED) is 0.803. The summed E-state index contributed by atoms with van der Waals surface area (Å²) in [5, 5.41) is 1.14. The highest BCUT2D eigenvalue weighted by Crippen LogP contribution is 2.18. The summed E-state index contributed by atoms with van der Waals surface area (Å²) in [6.07, 6.45) is 2.14. The molecule has 0 bridgehead atoms. The number of fused-ring (bicyclic) bond motifs is 1. The lowest BCUT2D eigenvalue weighted by atomic mass is 10.1. The molecule has 3 heteroatoms. The van der Waals surface area contributed by atoms with Crippen molar-refractivity contribution in [3.05, 3.63) is 35.5 Å². The standard InChI is InChI=1S/C13H15NO2/c1-3-4-11-7-9-5-6-10(13(15)16-2)8-12(9)14-11/h5-8,14H,3-4H2,1-2H3. The molecular formula is C13H15NO2. The molecule has 1 aromatic heterocycles. The molecule has 84 valence electrons. The minimum atomic E-state index is -0.298. The van der Waals surface area contributed by atoms with E-state index in [1.807, 2.05) is 12.1 Å². The molecule has 0 atom stereocenters. The van der Waals surface area contributed by atoms with E-state index >= 15 is 0 Å². The number of hydrogen-bond donors (Lipinski definition) is 1. The molecule has 0 aliphatic heterocycles. The number of aromatic amines is 1.